The van der Waals surface area contributed by atoms with Crippen molar-refractivity contribution in [1.82, 2.24) is 21.3 Å². The molecule has 0 saturated heterocycles. The molecule has 0 saturated carbocycles. The first-order valence-corrected chi connectivity index (χ1v) is 21.2. The summed E-state index contributed by atoms with van der Waals surface area (Å²) >= 11 is 0. The SMILES string of the molecule is NC(CCCCNC(=O)COCCOCCNC(=O)COCCOCCNC(=O)CCCNC(=O)CCCCCCCCCCCCCCCCC(=O)O)C(=O)O. The number of carboxylic acids is 2. The van der Waals surface area contributed by atoms with Crippen molar-refractivity contribution in [2.24, 2.45) is 5.73 Å². The lowest BCUT2D eigenvalue weighted by Gasteiger charge is -2.09. The number of unbranched alkanes of at least 4 members (excludes halogenated alkanes) is 14. The van der Waals surface area contributed by atoms with Gasteiger partial charge in [0.2, 0.25) is 23.6 Å². The van der Waals surface area contributed by atoms with Crippen molar-refractivity contribution in [2.75, 3.05) is 79.0 Å². The highest BCUT2D eigenvalue weighted by atomic mass is 16.5. The highest BCUT2D eigenvalue weighted by Crippen LogP contribution is 2.14. The second kappa shape index (κ2) is 40.8. The van der Waals surface area contributed by atoms with Crippen molar-refractivity contribution in [3.63, 3.8) is 0 Å². The Labute approximate surface area is 340 Å². The molecular weight excluding hydrogens is 742 g/mol. The number of hydrogen-bond acceptors (Lipinski definition) is 11. The third-order valence-corrected chi connectivity index (χ3v) is 8.88. The van der Waals surface area contributed by atoms with E-state index in [9.17, 15) is 28.8 Å². The van der Waals surface area contributed by atoms with Crippen molar-refractivity contribution in [3.8, 4) is 0 Å². The van der Waals surface area contributed by atoms with Gasteiger partial charge in [-0.05, 0) is 38.5 Å². The fraction of sp³-hybridized carbons (Fsp3) is 0.850. The predicted molar refractivity (Wildman–Crippen MR) is 216 cm³/mol. The minimum Gasteiger partial charge on any atom is -0.481 e. The monoisotopic (exact) mass is 818 g/mol. The molecule has 17 heteroatoms. The van der Waals surface area contributed by atoms with E-state index >= 15 is 0 Å². The summed E-state index contributed by atoms with van der Waals surface area (Å²) in [6, 6.07) is -0.885. The van der Waals surface area contributed by atoms with Gasteiger partial charge in [-0.3, -0.25) is 28.8 Å². The molecule has 0 radical (unpaired) electrons. The lowest BCUT2D eigenvalue weighted by molar-refractivity contribution is -0.139. The van der Waals surface area contributed by atoms with Crippen LogP contribution in [0.15, 0.2) is 0 Å². The van der Waals surface area contributed by atoms with Crippen molar-refractivity contribution in [2.45, 2.75) is 141 Å². The van der Waals surface area contributed by atoms with Gasteiger partial charge in [0.05, 0.1) is 39.6 Å². The van der Waals surface area contributed by atoms with E-state index in [1.807, 2.05) is 0 Å². The summed E-state index contributed by atoms with van der Waals surface area (Å²) in [5, 5.41) is 28.4. The van der Waals surface area contributed by atoms with Gasteiger partial charge in [-0.15, -0.1) is 0 Å². The Morgan fingerprint density at radius 2 is 0.772 bits per heavy atom. The van der Waals surface area contributed by atoms with Crippen LogP contribution in [0.2, 0.25) is 0 Å². The van der Waals surface area contributed by atoms with Crippen LogP contribution in [0.25, 0.3) is 0 Å². The van der Waals surface area contributed by atoms with Crippen LogP contribution < -0.4 is 27.0 Å². The molecule has 1 unspecified atom stereocenters. The van der Waals surface area contributed by atoms with Crippen molar-refractivity contribution in [3.05, 3.63) is 0 Å². The standard InChI is InChI=1S/C40H75N5O12/c41-34(40(52)53)18-15-16-22-43-37(48)32-56-30-29-55-27-25-45-38(49)33-57-31-28-54-26-24-44-36(47)20-17-23-42-35(46)19-13-11-9-7-5-3-1-2-4-6-8-10-12-14-21-39(50)51/h34H,1-33,41H2,(H,42,46)(H,43,48)(H,44,47)(H,45,49)(H,50,51)(H,52,53). The van der Waals surface area contributed by atoms with E-state index in [1.54, 1.807) is 0 Å². The quantitative estimate of drug-likeness (QED) is 0.0437. The molecule has 0 aliphatic heterocycles. The Morgan fingerprint density at radius 1 is 0.404 bits per heavy atom. The van der Waals surface area contributed by atoms with Gasteiger partial charge in [0.1, 0.15) is 19.3 Å². The van der Waals surface area contributed by atoms with Crippen LogP contribution in [0.5, 0.6) is 0 Å². The maximum absolute atomic E-state index is 12.1. The minimum absolute atomic E-state index is 0.0336. The van der Waals surface area contributed by atoms with E-state index in [-0.39, 0.29) is 76.3 Å². The van der Waals surface area contributed by atoms with E-state index < -0.39 is 18.0 Å². The molecule has 0 spiro atoms. The highest BCUT2D eigenvalue weighted by molar-refractivity contribution is 5.78. The molecular formula is C40H75N5O12. The Hall–Kier alpha value is -3.38. The number of nitrogens with one attached hydrogen (secondary N) is 4. The lowest BCUT2D eigenvalue weighted by atomic mass is 10.0. The Bertz CT molecular complexity index is 1050. The highest BCUT2D eigenvalue weighted by Gasteiger charge is 2.10. The normalized spacial score (nSPS) is 11.5. The fourth-order valence-electron chi connectivity index (χ4n) is 5.57. The van der Waals surface area contributed by atoms with Crippen LogP contribution >= 0.6 is 0 Å². The van der Waals surface area contributed by atoms with Gasteiger partial charge < -0.3 is 56.2 Å². The first kappa shape index (κ1) is 53.6. The average molecular weight is 818 g/mol. The summed E-state index contributed by atoms with van der Waals surface area (Å²) in [5.41, 5.74) is 5.42. The Kier molecular flexibility index (Phi) is 38.4. The summed E-state index contributed by atoms with van der Waals surface area (Å²) in [7, 11) is 0. The number of amides is 4. The van der Waals surface area contributed by atoms with Gasteiger partial charge in [0.15, 0.2) is 0 Å². The van der Waals surface area contributed by atoms with Crippen LogP contribution in [0.3, 0.4) is 0 Å². The number of carboxylic acid groups (broad SMARTS) is 2. The molecule has 0 heterocycles. The topological polar surface area (TPSA) is 254 Å². The molecule has 17 nitrogen and oxygen atoms in total. The number of hydrogen-bond donors (Lipinski definition) is 7. The predicted octanol–water partition coefficient (Wildman–Crippen LogP) is 3.21. The van der Waals surface area contributed by atoms with Gasteiger partial charge in [-0.1, -0.05) is 77.0 Å². The number of carbonyl (C=O) groups excluding carboxylic acids is 4. The number of ether oxygens (including phenoxy) is 4. The molecule has 0 aromatic rings. The molecule has 1 atom stereocenters. The molecule has 0 fully saturated rings. The molecule has 4 amide bonds. The van der Waals surface area contributed by atoms with Gasteiger partial charge in [0, 0.05) is 45.4 Å². The lowest BCUT2D eigenvalue weighted by Crippen LogP contribution is -2.32. The molecule has 0 aliphatic rings. The minimum atomic E-state index is -1.03. The van der Waals surface area contributed by atoms with E-state index in [0.29, 0.717) is 71.3 Å². The van der Waals surface area contributed by atoms with Crippen LogP contribution in [-0.4, -0.2) is 131 Å². The van der Waals surface area contributed by atoms with Crippen molar-refractivity contribution >= 4 is 35.6 Å². The summed E-state index contributed by atoms with van der Waals surface area (Å²) in [6.45, 7) is 2.88. The van der Waals surface area contributed by atoms with Gasteiger partial charge >= 0.3 is 11.9 Å². The van der Waals surface area contributed by atoms with Gasteiger partial charge in [-0.2, -0.15) is 0 Å². The number of carbonyl (C=O) groups is 6. The number of rotatable bonds is 43. The maximum Gasteiger partial charge on any atom is 0.320 e. The summed E-state index contributed by atoms with van der Waals surface area (Å²) in [6.07, 6.45) is 19.3. The zero-order valence-corrected chi connectivity index (χ0v) is 34.5. The fourth-order valence-corrected chi connectivity index (χ4v) is 5.57. The van der Waals surface area contributed by atoms with Crippen LogP contribution in [0.1, 0.15) is 135 Å². The first-order valence-electron chi connectivity index (χ1n) is 21.2. The van der Waals surface area contributed by atoms with Crippen molar-refractivity contribution < 1.29 is 57.9 Å². The zero-order chi connectivity index (χ0) is 42.0. The molecule has 0 bridgehead atoms. The average Bonchev–Trinajstić information content (AvgIpc) is 3.17. The van der Waals surface area contributed by atoms with E-state index in [4.69, 9.17) is 34.9 Å². The number of nitrogens with two attached hydrogens (primary N) is 1. The largest absolute Gasteiger partial charge is 0.481 e. The van der Waals surface area contributed by atoms with Gasteiger partial charge in [0.25, 0.3) is 0 Å². The third-order valence-electron chi connectivity index (χ3n) is 8.88. The van der Waals surface area contributed by atoms with Crippen LogP contribution in [0, 0.1) is 0 Å². The Morgan fingerprint density at radius 3 is 1.25 bits per heavy atom. The molecule has 57 heavy (non-hydrogen) atoms. The second-order valence-electron chi connectivity index (χ2n) is 14.1. The Balaban J connectivity index is 3.39. The molecule has 0 aromatic heterocycles. The summed E-state index contributed by atoms with van der Waals surface area (Å²) in [5.74, 6) is -2.36. The molecule has 0 aromatic carbocycles. The van der Waals surface area contributed by atoms with E-state index in [0.717, 1.165) is 38.5 Å². The first-order chi connectivity index (χ1) is 27.6. The summed E-state index contributed by atoms with van der Waals surface area (Å²) in [4.78, 5) is 68.8. The van der Waals surface area contributed by atoms with E-state index in [2.05, 4.69) is 21.3 Å². The zero-order valence-electron chi connectivity index (χ0n) is 34.5. The van der Waals surface area contributed by atoms with Crippen LogP contribution in [0.4, 0.5) is 0 Å². The third kappa shape index (κ3) is 42.1. The molecule has 0 rings (SSSR count). The van der Waals surface area contributed by atoms with E-state index in [1.165, 1.54) is 51.4 Å². The number of aliphatic carboxylic acids is 2. The van der Waals surface area contributed by atoms with Crippen LogP contribution in [-0.2, 0) is 47.7 Å². The van der Waals surface area contributed by atoms with Gasteiger partial charge in [-0.25, -0.2) is 0 Å². The summed E-state index contributed by atoms with van der Waals surface area (Å²) < 4.78 is 21.3. The molecule has 0 aliphatic carbocycles. The second-order valence-corrected chi connectivity index (χ2v) is 14.1. The maximum atomic E-state index is 12.1. The van der Waals surface area contributed by atoms with Crippen molar-refractivity contribution in [1.29, 1.82) is 0 Å². The molecule has 332 valence electrons. The molecule has 8 N–H and O–H groups in total. The smallest absolute Gasteiger partial charge is 0.320 e.